The minimum atomic E-state index is -0.336. The first-order valence-electron chi connectivity index (χ1n) is 8.13. The molecule has 2 heterocycles. The van der Waals surface area contributed by atoms with Gasteiger partial charge in [-0.15, -0.1) is 11.8 Å². The highest BCUT2D eigenvalue weighted by molar-refractivity contribution is 8.00. The van der Waals surface area contributed by atoms with Crippen molar-refractivity contribution in [3.8, 4) is 0 Å². The van der Waals surface area contributed by atoms with Gasteiger partial charge in [0.05, 0.1) is 16.6 Å². The highest BCUT2D eigenvalue weighted by Gasteiger charge is 2.32. The number of rotatable bonds is 4. The molecule has 2 aromatic rings. The average Bonchev–Trinajstić information content (AvgIpc) is 2.75. The number of carbonyl (C=O) groups is 1. The van der Waals surface area contributed by atoms with Crippen molar-refractivity contribution in [1.82, 2.24) is 9.78 Å². The van der Waals surface area contributed by atoms with Crippen LogP contribution in [-0.4, -0.2) is 21.4 Å². The van der Waals surface area contributed by atoms with Gasteiger partial charge < -0.3 is 5.32 Å². The van der Waals surface area contributed by atoms with Gasteiger partial charge >= 0.3 is 0 Å². The topological polar surface area (TPSA) is 66.9 Å². The third kappa shape index (κ3) is 3.61. The number of aromatic nitrogens is 2. The van der Waals surface area contributed by atoms with E-state index in [9.17, 15) is 9.59 Å². The molecule has 2 atom stereocenters. The van der Waals surface area contributed by atoms with Crippen molar-refractivity contribution in [3.63, 3.8) is 0 Å². The Morgan fingerprint density at radius 2 is 2.12 bits per heavy atom. The molecule has 1 aromatic carbocycles. The molecule has 3 rings (SSSR count). The van der Waals surface area contributed by atoms with E-state index in [0.717, 1.165) is 18.4 Å². The Morgan fingerprint density at radius 1 is 1.36 bits per heavy atom. The number of thioether (sulfide) groups is 1. The molecule has 1 aliphatic heterocycles. The van der Waals surface area contributed by atoms with Crippen molar-refractivity contribution in [3.05, 3.63) is 49.7 Å². The predicted molar refractivity (Wildman–Crippen MR) is 104 cm³/mol. The van der Waals surface area contributed by atoms with Gasteiger partial charge in [-0.1, -0.05) is 42.6 Å². The van der Waals surface area contributed by atoms with Crippen LogP contribution in [0.2, 0.25) is 10.0 Å². The van der Waals surface area contributed by atoms with Crippen molar-refractivity contribution >= 4 is 46.7 Å². The highest BCUT2D eigenvalue weighted by atomic mass is 35.5. The van der Waals surface area contributed by atoms with Gasteiger partial charge in [0.1, 0.15) is 5.82 Å². The summed E-state index contributed by atoms with van der Waals surface area (Å²) in [6.07, 6.45) is 1.87. The minimum absolute atomic E-state index is 0.0752. The highest BCUT2D eigenvalue weighted by Crippen LogP contribution is 2.43. The van der Waals surface area contributed by atoms with Gasteiger partial charge in [0.15, 0.2) is 0 Å². The van der Waals surface area contributed by atoms with Gasteiger partial charge in [-0.3, -0.25) is 19.4 Å². The predicted octanol–water partition coefficient (Wildman–Crippen LogP) is 4.62. The lowest BCUT2D eigenvalue weighted by Gasteiger charge is -2.17. The summed E-state index contributed by atoms with van der Waals surface area (Å²) in [7, 11) is 0. The van der Waals surface area contributed by atoms with Crippen LogP contribution in [0.4, 0.5) is 5.82 Å². The molecule has 1 amide bonds. The molecule has 0 saturated heterocycles. The van der Waals surface area contributed by atoms with Gasteiger partial charge in [0.25, 0.3) is 5.56 Å². The number of benzene rings is 1. The molecule has 8 heteroatoms. The quantitative estimate of drug-likeness (QED) is 0.787. The van der Waals surface area contributed by atoms with Gasteiger partial charge in [-0.25, -0.2) is 0 Å². The SMILES string of the molecule is CCC[C@H](C)n1[nH]c(=O)c2c1NC(=O)CS[C@H]2c1ccc(Cl)cc1Cl. The third-order valence-electron chi connectivity index (χ3n) is 4.26. The fourth-order valence-electron chi connectivity index (χ4n) is 3.08. The van der Waals surface area contributed by atoms with E-state index < -0.39 is 0 Å². The standard InChI is InChI=1S/C17H19Cl2N3O2S/c1-3-4-9(2)22-16-14(17(24)21-22)15(25-8-13(23)20-16)11-6-5-10(18)7-12(11)19/h5-7,9,15H,3-4,8H2,1-2H3,(H,20,23)(H,21,24)/t9-,15-/m0/s1. The molecule has 2 N–H and O–H groups in total. The summed E-state index contributed by atoms with van der Waals surface area (Å²) in [4.78, 5) is 24.9. The van der Waals surface area contributed by atoms with Crippen LogP contribution < -0.4 is 10.9 Å². The van der Waals surface area contributed by atoms with E-state index in [1.165, 1.54) is 11.8 Å². The average molecular weight is 400 g/mol. The number of aromatic amines is 1. The van der Waals surface area contributed by atoms with Gasteiger partial charge in [-0.05, 0) is 31.0 Å². The molecule has 0 fully saturated rings. The maximum absolute atomic E-state index is 12.7. The normalized spacial score (nSPS) is 18.4. The van der Waals surface area contributed by atoms with Crippen LogP contribution in [-0.2, 0) is 4.79 Å². The van der Waals surface area contributed by atoms with Crippen LogP contribution >= 0.6 is 35.0 Å². The van der Waals surface area contributed by atoms with E-state index in [4.69, 9.17) is 23.2 Å². The molecule has 134 valence electrons. The second-order valence-corrected chi connectivity index (χ2v) is 8.05. The van der Waals surface area contributed by atoms with Crippen LogP contribution in [0.5, 0.6) is 0 Å². The number of hydrogen-bond donors (Lipinski definition) is 2. The summed E-state index contributed by atoms with van der Waals surface area (Å²) in [5.74, 6) is 0.659. The van der Waals surface area contributed by atoms with Crippen LogP contribution in [0.15, 0.2) is 23.0 Å². The summed E-state index contributed by atoms with van der Waals surface area (Å²) in [5.41, 5.74) is 1.10. The second-order valence-electron chi connectivity index (χ2n) is 6.12. The molecule has 0 aliphatic carbocycles. The van der Waals surface area contributed by atoms with Crippen LogP contribution in [0, 0.1) is 0 Å². The van der Waals surface area contributed by atoms with Crippen LogP contribution in [0.3, 0.4) is 0 Å². The van der Waals surface area contributed by atoms with Crippen LogP contribution in [0.1, 0.15) is 49.1 Å². The number of fused-ring (bicyclic) bond motifs is 1. The molecule has 0 bridgehead atoms. The van der Waals surface area contributed by atoms with Crippen LogP contribution in [0.25, 0.3) is 0 Å². The molecule has 1 aliphatic rings. The Labute approximate surface area is 160 Å². The summed E-state index contributed by atoms with van der Waals surface area (Å²) >= 11 is 13.7. The van der Waals surface area contributed by atoms with Gasteiger partial charge in [-0.2, -0.15) is 0 Å². The zero-order valence-corrected chi connectivity index (χ0v) is 16.3. The first kappa shape index (κ1) is 18.4. The van der Waals surface area contributed by atoms with E-state index >= 15 is 0 Å². The van der Waals surface area contributed by atoms with Crippen molar-refractivity contribution in [1.29, 1.82) is 0 Å². The monoisotopic (exact) mass is 399 g/mol. The first-order chi connectivity index (χ1) is 11.9. The van der Waals surface area contributed by atoms with Gasteiger partial charge in [0, 0.05) is 16.1 Å². The Morgan fingerprint density at radius 3 is 2.80 bits per heavy atom. The molecule has 25 heavy (non-hydrogen) atoms. The fourth-order valence-corrected chi connectivity index (χ4v) is 4.82. The number of nitrogens with one attached hydrogen (secondary N) is 2. The van der Waals surface area contributed by atoms with Crippen molar-refractivity contribution in [2.75, 3.05) is 11.1 Å². The largest absolute Gasteiger partial charge is 0.310 e. The lowest BCUT2D eigenvalue weighted by molar-refractivity contribution is -0.113. The Kier molecular flexibility index (Phi) is 5.51. The number of amides is 1. The van der Waals surface area contributed by atoms with E-state index in [2.05, 4.69) is 17.3 Å². The smallest absolute Gasteiger partial charge is 0.270 e. The summed E-state index contributed by atoms with van der Waals surface area (Å²) in [5, 5.41) is 6.45. The molecule has 0 saturated carbocycles. The number of anilines is 1. The lowest BCUT2D eigenvalue weighted by atomic mass is 10.1. The van der Waals surface area contributed by atoms with E-state index in [1.54, 1.807) is 16.8 Å². The summed E-state index contributed by atoms with van der Waals surface area (Å²) in [6, 6.07) is 5.29. The molecule has 1 aromatic heterocycles. The van der Waals surface area contributed by atoms with E-state index in [1.807, 2.05) is 13.0 Å². The molecule has 0 unspecified atom stereocenters. The molecular weight excluding hydrogens is 381 g/mol. The van der Waals surface area contributed by atoms with E-state index in [-0.39, 0.29) is 28.5 Å². The molecule has 5 nitrogen and oxygen atoms in total. The lowest BCUT2D eigenvalue weighted by Crippen LogP contribution is -2.18. The zero-order valence-electron chi connectivity index (χ0n) is 13.9. The van der Waals surface area contributed by atoms with Crippen molar-refractivity contribution in [2.24, 2.45) is 0 Å². The first-order valence-corrected chi connectivity index (χ1v) is 9.93. The maximum Gasteiger partial charge on any atom is 0.270 e. The molecular formula is C17H19Cl2N3O2S. The minimum Gasteiger partial charge on any atom is -0.310 e. The van der Waals surface area contributed by atoms with E-state index in [0.29, 0.717) is 21.4 Å². The summed E-state index contributed by atoms with van der Waals surface area (Å²) < 4.78 is 1.77. The van der Waals surface area contributed by atoms with Crippen molar-refractivity contribution in [2.45, 2.75) is 38.0 Å². The second kappa shape index (κ2) is 7.48. The third-order valence-corrected chi connectivity index (χ3v) is 6.07. The number of carbonyl (C=O) groups excluding carboxylic acids is 1. The van der Waals surface area contributed by atoms with Crippen molar-refractivity contribution < 1.29 is 4.79 Å². The summed E-state index contributed by atoms with van der Waals surface area (Å²) in [6.45, 7) is 4.11. The number of H-pyrrole nitrogens is 1. The fraction of sp³-hybridized carbons (Fsp3) is 0.412. The van der Waals surface area contributed by atoms with Gasteiger partial charge in [0.2, 0.25) is 5.91 Å². The Balaban J connectivity index is 2.16. The maximum atomic E-state index is 12.7. The Bertz CT molecular complexity index is 862. The molecule has 0 spiro atoms. The number of nitrogens with zero attached hydrogens (tertiary/aromatic N) is 1. The Hall–Kier alpha value is -1.37. The molecule has 0 radical (unpaired) electrons. The number of halogens is 2. The zero-order chi connectivity index (χ0) is 18.1. The number of hydrogen-bond acceptors (Lipinski definition) is 3.